The van der Waals surface area contributed by atoms with Crippen molar-refractivity contribution in [2.24, 2.45) is 0 Å². The molecule has 0 saturated carbocycles. The second kappa shape index (κ2) is 7.37. The molecule has 7 nitrogen and oxygen atoms in total. The maximum atomic E-state index is 12.7. The predicted octanol–water partition coefficient (Wildman–Crippen LogP) is 2.61. The monoisotopic (exact) mass is 399 g/mol. The van der Waals surface area contributed by atoms with Crippen molar-refractivity contribution in [3.05, 3.63) is 53.6 Å². The van der Waals surface area contributed by atoms with E-state index >= 15 is 0 Å². The molecule has 4 rings (SSSR count). The number of fused-ring (bicyclic) bond motifs is 1. The van der Waals surface area contributed by atoms with Crippen LogP contribution in [0, 0.1) is 0 Å². The normalized spacial score (nSPS) is 17.1. The van der Waals surface area contributed by atoms with E-state index in [1.807, 2.05) is 0 Å². The summed E-state index contributed by atoms with van der Waals surface area (Å²) in [6.07, 6.45) is 3.09. The van der Waals surface area contributed by atoms with Crippen molar-refractivity contribution < 1.29 is 18.0 Å². The number of rotatable bonds is 4. The minimum atomic E-state index is -3.49. The molecule has 0 bridgehead atoms. The lowest BCUT2D eigenvalue weighted by Gasteiger charge is -2.25. The van der Waals surface area contributed by atoms with Crippen molar-refractivity contribution in [3.8, 4) is 0 Å². The Morgan fingerprint density at radius 1 is 1.00 bits per heavy atom. The Balaban J connectivity index is 1.47. The quantitative estimate of drug-likeness (QED) is 0.826. The third-order valence-corrected chi connectivity index (χ3v) is 6.97. The van der Waals surface area contributed by atoms with E-state index in [1.165, 1.54) is 16.4 Å². The summed E-state index contributed by atoms with van der Waals surface area (Å²) in [4.78, 5) is 24.1. The summed E-state index contributed by atoms with van der Waals surface area (Å²) in [6.45, 7) is 1.10. The standard InChI is InChI=1S/C20H21N3O4S/c24-19-13-15-12-14(4-9-18(15)22-19)20(25)21-16-5-7-17(8-6-16)28(26,27)23-10-2-1-3-11-23/h4-9,12H,1-3,10-11,13H2,(H,21,25)(H,22,24). The zero-order chi connectivity index (χ0) is 19.7. The molecule has 28 heavy (non-hydrogen) atoms. The molecule has 146 valence electrons. The van der Waals surface area contributed by atoms with Gasteiger partial charge in [0.05, 0.1) is 11.3 Å². The zero-order valence-electron chi connectivity index (χ0n) is 15.3. The average molecular weight is 399 g/mol. The Kier molecular flexibility index (Phi) is 4.91. The third kappa shape index (κ3) is 3.65. The van der Waals surface area contributed by atoms with Gasteiger partial charge in [-0.25, -0.2) is 8.42 Å². The highest BCUT2D eigenvalue weighted by Crippen LogP contribution is 2.25. The number of benzene rings is 2. The minimum absolute atomic E-state index is 0.0851. The van der Waals surface area contributed by atoms with Gasteiger partial charge in [0.2, 0.25) is 15.9 Å². The number of hydrogen-bond acceptors (Lipinski definition) is 4. The van der Waals surface area contributed by atoms with Gasteiger partial charge in [0.25, 0.3) is 5.91 Å². The largest absolute Gasteiger partial charge is 0.326 e. The molecule has 0 aromatic heterocycles. The molecule has 8 heteroatoms. The Hall–Kier alpha value is -2.71. The fourth-order valence-electron chi connectivity index (χ4n) is 3.54. The molecule has 2 N–H and O–H groups in total. The average Bonchev–Trinajstić information content (AvgIpc) is 3.08. The molecule has 2 aliphatic heterocycles. The summed E-state index contributed by atoms with van der Waals surface area (Å²) in [7, 11) is -3.49. The molecule has 2 aromatic rings. The maximum absolute atomic E-state index is 12.7. The summed E-state index contributed by atoms with van der Waals surface area (Å²) in [5.41, 5.74) is 2.48. The summed E-state index contributed by atoms with van der Waals surface area (Å²) in [6, 6.07) is 11.3. The van der Waals surface area contributed by atoms with Gasteiger partial charge in [-0.1, -0.05) is 6.42 Å². The Morgan fingerprint density at radius 3 is 2.43 bits per heavy atom. The first-order valence-electron chi connectivity index (χ1n) is 9.28. The molecule has 2 amide bonds. The van der Waals surface area contributed by atoms with E-state index in [4.69, 9.17) is 0 Å². The lowest BCUT2D eigenvalue weighted by atomic mass is 10.1. The molecule has 0 unspecified atom stereocenters. The van der Waals surface area contributed by atoms with Crippen LogP contribution in [0.3, 0.4) is 0 Å². The zero-order valence-corrected chi connectivity index (χ0v) is 16.1. The van der Waals surface area contributed by atoms with Gasteiger partial charge in [0.1, 0.15) is 0 Å². The first-order valence-corrected chi connectivity index (χ1v) is 10.7. The van der Waals surface area contributed by atoms with Gasteiger partial charge in [0, 0.05) is 30.0 Å². The number of anilines is 2. The molecule has 0 atom stereocenters. The number of carbonyl (C=O) groups is 2. The summed E-state index contributed by atoms with van der Waals surface area (Å²) in [5.74, 6) is -0.396. The summed E-state index contributed by atoms with van der Waals surface area (Å²) < 4.78 is 26.9. The van der Waals surface area contributed by atoms with Gasteiger partial charge in [0.15, 0.2) is 0 Å². The van der Waals surface area contributed by atoms with Gasteiger partial charge < -0.3 is 10.6 Å². The van der Waals surface area contributed by atoms with Gasteiger partial charge >= 0.3 is 0 Å². The molecule has 0 spiro atoms. The van der Waals surface area contributed by atoms with Gasteiger partial charge in [-0.15, -0.1) is 0 Å². The second-order valence-corrected chi connectivity index (χ2v) is 8.98. The number of nitrogens with one attached hydrogen (secondary N) is 2. The van der Waals surface area contributed by atoms with Crippen LogP contribution >= 0.6 is 0 Å². The van der Waals surface area contributed by atoms with E-state index in [9.17, 15) is 18.0 Å². The molecule has 2 heterocycles. The molecule has 1 saturated heterocycles. The smallest absolute Gasteiger partial charge is 0.255 e. The van der Waals surface area contributed by atoms with Crippen molar-refractivity contribution in [2.45, 2.75) is 30.6 Å². The number of sulfonamides is 1. The summed E-state index contributed by atoms with van der Waals surface area (Å²) >= 11 is 0. The number of carbonyl (C=O) groups excluding carboxylic acids is 2. The number of piperidine rings is 1. The van der Waals surface area contributed by atoms with Gasteiger partial charge in [-0.2, -0.15) is 4.31 Å². The first-order chi connectivity index (χ1) is 13.4. The van der Waals surface area contributed by atoms with Crippen molar-refractivity contribution in [2.75, 3.05) is 23.7 Å². The van der Waals surface area contributed by atoms with E-state index < -0.39 is 10.0 Å². The highest BCUT2D eigenvalue weighted by Gasteiger charge is 2.25. The molecular weight excluding hydrogens is 378 g/mol. The van der Waals surface area contributed by atoms with E-state index in [2.05, 4.69) is 10.6 Å². The van der Waals surface area contributed by atoms with E-state index in [0.29, 0.717) is 24.3 Å². The van der Waals surface area contributed by atoms with Crippen LogP contribution in [-0.4, -0.2) is 37.6 Å². The van der Waals surface area contributed by atoms with E-state index in [1.54, 1.807) is 30.3 Å². The lowest BCUT2D eigenvalue weighted by molar-refractivity contribution is -0.115. The minimum Gasteiger partial charge on any atom is -0.326 e. The van der Waals surface area contributed by atoms with Crippen LogP contribution in [0.2, 0.25) is 0 Å². The number of nitrogens with zero attached hydrogens (tertiary/aromatic N) is 1. The van der Waals surface area contributed by atoms with E-state index in [0.717, 1.165) is 30.5 Å². The van der Waals surface area contributed by atoms with Crippen LogP contribution in [-0.2, 0) is 21.2 Å². The van der Waals surface area contributed by atoms with Crippen LogP contribution in [0.15, 0.2) is 47.4 Å². The maximum Gasteiger partial charge on any atom is 0.255 e. The SMILES string of the molecule is O=C1Cc2cc(C(=O)Nc3ccc(S(=O)(=O)N4CCCCC4)cc3)ccc2N1. The molecule has 0 radical (unpaired) electrons. The second-order valence-electron chi connectivity index (χ2n) is 7.04. The lowest BCUT2D eigenvalue weighted by Crippen LogP contribution is -2.35. The van der Waals surface area contributed by atoms with Crippen LogP contribution in [0.25, 0.3) is 0 Å². The molecular formula is C20H21N3O4S. The van der Waals surface area contributed by atoms with Crippen LogP contribution in [0.1, 0.15) is 35.2 Å². The van der Waals surface area contributed by atoms with Crippen molar-refractivity contribution in [1.82, 2.24) is 4.31 Å². The van der Waals surface area contributed by atoms with Crippen molar-refractivity contribution >= 4 is 33.2 Å². The first kappa shape index (κ1) is 18.6. The molecule has 2 aliphatic rings. The topological polar surface area (TPSA) is 95.6 Å². The highest BCUT2D eigenvalue weighted by molar-refractivity contribution is 7.89. The Labute approximate surface area is 163 Å². The Morgan fingerprint density at radius 2 is 1.71 bits per heavy atom. The fourth-order valence-corrected chi connectivity index (χ4v) is 5.06. The summed E-state index contributed by atoms with van der Waals surface area (Å²) in [5, 5.41) is 5.50. The van der Waals surface area contributed by atoms with Crippen molar-refractivity contribution in [3.63, 3.8) is 0 Å². The van der Waals surface area contributed by atoms with Crippen molar-refractivity contribution in [1.29, 1.82) is 0 Å². The van der Waals surface area contributed by atoms with Crippen LogP contribution in [0.4, 0.5) is 11.4 Å². The highest BCUT2D eigenvalue weighted by atomic mass is 32.2. The van der Waals surface area contributed by atoms with Gasteiger partial charge in [-0.3, -0.25) is 9.59 Å². The number of amides is 2. The Bertz CT molecular complexity index is 1030. The van der Waals surface area contributed by atoms with Gasteiger partial charge in [-0.05, 0) is 60.9 Å². The fraction of sp³-hybridized carbons (Fsp3) is 0.300. The molecule has 0 aliphatic carbocycles. The number of hydrogen-bond donors (Lipinski definition) is 2. The van der Waals surface area contributed by atoms with Crippen LogP contribution < -0.4 is 10.6 Å². The van der Waals surface area contributed by atoms with Crippen LogP contribution in [0.5, 0.6) is 0 Å². The predicted molar refractivity (Wildman–Crippen MR) is 106 cm³/mol. The third-order valence-electron chi connectivity index (χ3n) is 5.06. The molecule has 2 aromatic carbocycles. The van der Waals surface area contributed by atoms with E-state index in [-0.39, 0.29) is 23.1 Å². The molecule has 1 fully saturated rings.